The number of hydrogen-bond acceptors (Lipinski definition) is 5. The van der Waals surface area contributed by atoms with Crippen LogP contribution < -0.4 is 14.2 Å². The Kier molecular flexibility index (Phi) is 5.00. The molecule has 1 N–H and O–H groups in total. The zero-order valence-corrected chi connectivity index (χ0v) is 16.3. The lowest BCUT2D eigenvalue weighted by molar-refractivity contribution is 0.171. The smallest absolute Gasteiger partial charge is 0.240 e. The minimum absolute atomic E-state index is 0.168. The van der Waals surface area contributed by atoms with Crippen LogP contribution in [0.3, 0.4) is 0 Å². The first-order valence-corrected chi connectivity index (χ1v) is 10.9. The standard InChI is InChI=1S/C21H22N2O4S/c22-14-16-3-6-18(7-4-16)28(24,25)23-15-21(9-1-2-10-21)17-5-8-19-20(13-17)27-12-11-26-19/h3-8,13,23H,1-2,9-12,15H2. The number of hydrogen-bond donors (Lipinski definition) is 1. The Balaban J connectivity index is 1.57. The molecule has 28 heavy (non-hydrogen) atoms. The van der Waals surface area contributed by atoms with E-state index in [4.69, 9.17) is 14.7 Å². The molecule has 0 saturated heterocycles. The van der Waals surface area contributed by atoms with E-state index in [0.717, 1.165) is 42.7 Å². The molecule has 4 rings (SSSR count). The molecule has 0 aromatic heterocycles. The molecular weight excluding hydrogens is 376 g/mol. The number of ether oxygens (including phenoxy) is 2. The van der Waals surface area contributed by atoms with Gasteiger partial charge in [-0.05, 0) is 54.8 Å². The highest BCUT2D eigenvalue weighted by Crippen LogP contribution is 2.44. The highest BCUT2D eigenvalue weighted by molar-refractivity contribution is 7.89. The van der Waals surface area contributed by atoms with Gasteiger partial charge in [0, 0.05) is 12.0 Å². The van der Waals surface area contributed by atoms with Gasteiger partial charge in [0.05, 0.1) is 16.5 Å². The van der Waals surface area contributed by atoms with Crippen molar-refractivity contribution in [2.45, 2.75) is 36.0 Å². The number of nitriles is 1. The van der Waals surface area contributed by atoms with E-state index in [9.17, 15) is 8.42 Å². The topological polar surface area (TPSA) is 88.4 Å². The van der Waals surface area contributed by atoms with Gasteiger partial charge in [-0.2, -0.15) is 5.26 Å². The quantitative estimate of drug-likeness (QED) is 0.836. The van der Waals surface area contributed by atoms with E-state index in [-0.39, 0.29) is 10.3 Å². The molecule has 0 bridgehead atoms. The maximum Gasteiger partial charge on any atom is 0.240 e. The molecule has 146 valence electrons. The summed E-state index contributed by atoms with van der Waals surface area (Å²) < 4.78 is 39.6. The largest absolute Gasteiger partial charge is 0.486 e. The Morgan fingerprint density at radius 1 is 1.00 bits per heavy atom. The number of nitrogens with zero attached hydrogens (tertiary/aromatic N) is 1. The zero-order chi connectivity index (χ0) is 19.6. The third-order valence-electron chi connectivity index (χ3n) is 5.61. The van der Waals surface area contributed by atoms with Crippen molar-refractivity contribution in [2.75, 3.05) is 19.8 Å². The molecule has 1 saturated carbocycles. The third kappa shape index (κ3) is 3.58. The van der Waals surface area contributed by atoms with Gasteiger partial charge in [-0.3, -0.25) is 0 Å². The lowest BCUT2D eigenvalue weighted by atomic mass is 9.79. The Morgan fingerprint density at radius 2 is 1.68 bits per heavy atom. The maximum atomic E-state index is 12.8. The van der Waals surface area contributed by atoms with Crippen LogP contribution in [0, 0.1) is 11.3 Å². The van der Waals surface area contributed by atoms with Crippen LogP contribution in [0.4, 0.5) is 0 Å². The van der Waals surface area contributed by atoms with Crippen LogP contribution in [-0.2, 0) is 15.4 Å². The second-order valence-electron chi connectivity index (χ2n) is 7.31. The van der Waals surface area contributed by atoms with Crippen molar-refractivity contribution >= 4 is 10.0 Å². The molecule has 6 nitrogen and oxygen atoms in total. The van der Waals surface area contributed by atoms with E-state index in [1.54, 1.807) is 0 Å². The predicted octanol–water partition coefficient (Wildman–Crippen LogP) is 3.12. The molecule has 0 radical (unpaired) electrons. The summed E-state index contributed by atoms with van der Waals surface area (Å²) in [6, 6.07) is 13.9. The van der Waals surface area contributed by atoms with Gasteiger partial charge >= 0.3 is 0 Å². The molecule has 1 aliphatic heterocycles. The van der Waals surface area contributed by atoms with Gasteiger partial charge in [0.25, 0.3) is 0 Å². The monoisotopic (exact) mass is 398 g/mol. The summed E-state index contributed by atoms with van der Waals surface area (Å²) in [6.45, 7) is 1.39. The zero-order valence-electron chi connectivity index (χ0n) is 15.5. The first-order chi connectivity index (χ1) is 13.5. The molecule has 0 atom stereocenters. The van der Waals surface area contributed by atoms with Crippen LogP contribution in [0.25, 0.3) is 0 Å². The Hall–Kier alpha value is -2.56. The van der Waals surface area contributed by atoms with Crippen molar-refractivity contribution in [3.05, 3.63) is 53.6 Å². The molecule has 1 aliphatic carbocycles. The predicted molar refractivity (Wildman–Crippen MR) is 104 cm³/mol. The Morgan fingerprint density at radius 3 is 2.36 bits per heavy atom. The van der Waals surface area contributed by atoms with E-state index in [1.165, 1.54) is 24.3 Å². The summed E-state index contributed by atoms with van der Waals surface area (Å²) in [7, 11) is -3.65. The first kappa shape index (κ1) is 18.8. The Labute approximate surface area is 165 Å². The highest BCUT2D eigenvalue weighted by Gasteiger charge is 2.37. The first-order valence-electron chi connectivity index (χ1n) is 9.42. The molecule has 0 spiro atoms. The summed E-state index contributed by atoms with van der Waals surface area (Å²) >= 11 is 0. The molecule has 2 aromatic rings. The van der Waals surface area contributed by atoms with Gasteiger partial charge in [0.1, 0.15) is 13.2 Å². The van der Waals surface area contributed by atoms with Gasteiger partial charge in [0.15, 0.2) is 11.5 Å². The highest BCUT2D eigenvalue weighted by atomic mass is 32.2. The third-order valence-corrected chi connectivity index (χ3v) is 7.03. The van der Waals surface area contributed by atoms with E-state index in [2.05, 4.69) is 4.72 Å². The van der Waals surface area contributed by atoms with E-state index in [1.807, 2.05) is 24.3 Å². The second-order valence-corrected chi connectivity index (χ2v) is 9.07. The number of rotatable bonds is 5. The molecule has 2 aliphatic rings. The lowest BCUT2D eigenvalue weighted by Crippen LogP contribution is -2.39. The summed E-state index contributed by atoms with van der Waals surface area (Å²) in [5.74, 6) is 1.46. The van der Waals surface area contributed by atoms with Crippen LogP contribution in [0.5, 0.6) is 11.5 Å². The van der Waals surface area contributed by atoms with E-state index < -0.39 is 10.0 Å². The molecular formula is C21H22N2O4S. The van der Waals surface area contributed by atoms with Crippen molar-refractivity contribution < 1.29 is 17.9 Å². The fourth-order valence-corrected chi connectivity index (χ4v) is 5.15. The van der Waals surface area contributed by atoms with Crippen molar-refractivity contribution in [2.24, 2.45) is 0 Å². The minimum Gasteiger partial charge on any atom is -0.486 e. The summed E-state index contributed by atoms with van der Waals surface area (Å²) in [5, 5.41) is 8.89. The van der Waals surface area contributed by atoms with Gasteiger partial charge < -0.3 is 9.47 Å². The molecule has 1 fully saturated rings. The molecule has 1 heterocycles. The normalized spacial score (nSPS) is 17.8. The lowest BCUT2D eigenvalue weighted by Gasteiger charge is -2.31. The van der Waals surface area contributed by atoms with Crippen LogP contribution in [0.1, 0.15) is 36.8 Å². The van der Waals surface area contributed by atoms with Gasteiger partial charge in [-0.25, -0.2) is 13.1 Å². The fraction of sp³-hybridized carbons (Fsp3) is 0.381. The van der Waals surface area contributed by atoms with Gasteiger partial charge in [-0.1, -0.05) is 18.9 Å². The molecule has 7 heteroatoms. The number of benzene rings is 2. The van der Waals surface area contributed by atoms with E-state index in [0.29, 0.717) is 25.3 Å². The van der Waals surface area contributed by atoms with Crippen molar-refractivity contribution in [3.63, 3.8) is 0 Å². The number of fused-ring (bicyclic) bond motifs is 1. The number of sulfonamides is 1. The fourth-order valence-electron chi connectivity index (χ4n) is 4.02. The molecule has 2 aromatic carbocycles. The summed E-state index contributed by atoms with van der Waals surface area (Å²) in [4.78, 5) is 0.168. The second kappa shape index (κ2) is 7.46. The average molecular weight is 398 g/mol. The maximum absolute atomic E-state index is 12.8. The van der Waals surface area contributed by atoms with Crippen LogP contribution in [0.2, 0.25) is 0 Å². The summed E-state index contributed by atoms with van der Waals surface area (Å²) in [5.41, 5.74) is 1.26. The number of nitrogens with one attached hydrogen (secondary N) is 1. The molecule has 0 amide bonds. The van der Waals surface area contributed by atoms with Crippen LogP contribution in [-0.4, -0.2) is 28.2 Å². The van der Waals surface area contributed by atoms with Crippen molar-refractivity contribution in [1.29, 1.82) is 5.26 Å². The van der Waals surface area contributed by atoms with Crippen molar-refractivity contribution in [3.8, 4) is 17.6 Å². The molecule has 0 unspecified atom stereocenters. The van der Waals surface area contributed by atoms with Crippen molar-refractivity contribution in [1.82, 2.24) is 4.72 Å². The average Bonchev–Trinajstić information content (AvgIpc) is 3.22. The Bertz CT molecular complexity index is 1000. The minimum atomic E-state index is -3.65. The van der Waals surface area contributed by atoms with Gasteiger partial charge in [0.2, 0.25) is 10.0 Å². The van der Waals surface area contributed by atoms with Crippen LogP contribution in [0.15, 0.2) is 47.4 Å². The van der Waals surface area contributed by atoms with Gasteiger partial charge in [-0.15, -0.1) is 0 Å². The summed E-state index contributed by atoms with van der Waals surface area (Å²) in [6.07, 6.45) is 3.96. The van der Waals surface area contributed by atoms with E-state index >= 15 is 0 Å². The SMILES string of the molecule is N#Cc1ccc(S(=O)(=O)NCC2(c3ccc4c(c3)OCCO4)CCCC2)cc1. The van der Waals surface area contributed by atoms with Crippen LogP contribution >= 0.6 is 0 Å².